The minimum Gasteiger partial charge on any atom is -0.365 e. The molecular formula is C9H12BrFN2. The first-order chi connectivity index (χ1) is 5.87. The van der Waals surface area contributed by atoms with E-state index >= 15 is 0 Å². The Morgan fingerprint density at radius 2 is 2.00 bits per heavy atom. The summed E-state index contributed by atoms with van der Waals surface area (Å²) in [6.45, 7) is 5.98. The number of hydrogen-bond acceptors (Lipinski definition) is 2. The van der Waals surface area contributed by atoms with E-state index in [4.69, 9.17) is 0 Å². The largest absolute Gasteiger partial charge is 0.365 e. The molecule has 0 unspecified atom stereocenters. The van der Waals surface area contributed by atoms with Crippen LogP contribution < -0.4 is 5.32 Å². The molecule has 0 atom stereocenters. The minimum absolute atomic E-state index is 0.111. The van der Waals surface area contributed by atoms with E-state index in [-0.39, 0.29) is 11.4 Å². The third-order valence-corrected chi connectivity index (χ3v) is 1.67. The van der Waals surface area contributed by atoms with Gasteiger partial charge in [-0.2, -0.15) is 0 Å². The highest BCUT2D eigenvalue weighted by molar-refractivity contribution is 9.10. The summed E-state index contributed by atoms with van der Waals surface area (Å²) in [5, 5.41) is 3.08. The van der Waals surface area contributed by atoms with Crippen LogP contribution in [0.3, 0.4) is 0 Å². The summed E-state index contributed by atoms with van der Waals surface area (Å²) in [5.41, 5.74) is -0.111. The number of nitrogens with zero attached hydrogens (tertiary/aromatic N) is 1. The van der Waals surface area contributed by atoms with Crippen molar-refractivity contribution in [1.82, 2.24) is 4.98 Å². The lowest BCUT2D eigenvalue weighted by Gasteiger charge is -2.21. The Morgan fingerprint density at radius 1 is 1.38 bits per heavy atom. The number of aromatic nitrogens is 1. The molecule has 13 heavy (non-hydrogen) atoms. The Bertz CT molecular complexity index is 287. The van der Waals surface area contributed by atoms with Gasteiger partial charge in [0.15, 0.2) is 0 Å². The fourth-order valence-corrected chi connectivity index (χ4v) is 1.32. The maximum absolute atomic E-state index is 12.9. The first-order valence-corrected chi connectivity index (χ1v) is 4.77. The molecule has 0 aromatic carbocycles. The fraction of sp³-hybridized carbons (Fsp3) is 0.444. The van der Waals surface area contributed by atoms with Crippen molar-refractivity contribution in [3.05, 3.63) is 22.6 Å². The van der Waals surface area contributed by atoms with Crippen molar-refractivity contribution < 1.29 is 4.39 Å². The summed E-state index contributed by atoms with van der Waals surface area (Å²) < 4.78 is 13.4. The van der Waals surface area contributed by atoms with Gasteiger partial charge in [-0.25, -0.2) is 9.37 Å². The lowest BCUT2D eigenvalue weighted by molar-refractivity contribution is 0.612. The molecule has 0 saturated carbocycles. The molecule has 1 heterocycles. The summed E-state index contributed by atoms with van der Waals surface area (Å²) in [6, 6.07) is 2.70. The monoisotopic (exact) mass is 246 g/mol. The molecule has 0 aliphatic heterocycles. The lowest BCUT2D eigenvalue weighted by atomic mass is 10.1. The van der Waals surface area contributed by atoms with E-state index in [9.17, 15) is 4.39 Å². The van der Waals surface area contributed by atoms with Gasteiger partial charge in [0.1, 0.15) is 16.2 Å². The summed E-state index contributed by atoms with van der Waals surface area (Å²) in [4.78, 5) is 4.08. The fourth-order valence-electron chi connectivity index (χ4n) is 0.914. The van der Waals surface area contributed by atoms with Crippen LogP contribution in [0.4, 0.5) is 10.2 Å². The van der Waals surface area contributed by atoms with E-state index in [1.54, 1.807) is 0 Å². The Morgan fingerprint density at radius 3 is 2.46 bits per heavy atom. The first kappa shape index (κ1) is 10.4. The molecule has 1 aromatic heterocycles. The molecule has 0 saturated heterocycles. The topological polar surface area (TPSA) is 24.9 Å². The highest BCUT2D eigenvalue weighted by Crippen LogP contribution is 2.17. The van der Waals surface area contributed by atoms with Crippen molar-refractivity contribution in [2.75, 3.05) is 5.32 Å². The van der Waals surface area contributed by atoms with Gasteiger partial charge in [0.05, 0.1) is 0 Å². The molecule has 0 aliphatic carbocycles. The van der Waals surface area contributed by atoms with Crippen molar-refractivity contribution in [2.24, 2.45) is 0 Å². The smallest absolute Gasteiger partial charge is 0.130 e. The van der Waals surface area contributed by atoms with Crippen LogP contribution in [0.2, 0.25) is 0 Å². The van der Waals surface area contributed by atoms with Crippen LogP contribution in [0.5, 0.6) is 0 Å². The van der Waals surface area contributed by atoms with E-state index in [0.717, 1.165) is 0 Å². The second-order valence-corrected chi connectivity index (χ2v) is 4.68. The van der Waals surface area contributed by atoms with Crippen LogP contribution in [0, 0.1) is 5.82 Å². The van der Waals surface area contributed by atoms with Crippen molar-refractivity contribution >= 4 is 21.7 Å². The normalized spacial score (nSPS) is 11.5. The number of rotatable bonds is 1. The predicted octanol–water partition coefficient (Wildman–Crippen LogP) is 3.19. The molecule has 0 aliphatic rings. The Kier molecular flexibility index (Phi) is 2.91. The molecule has 0 amide bonds. The van der Waals surface area contributed by atoms with Gasteiger partial charge in [0, 0.05) is 17.7 Å². The van der Waals surface area contributed by atoms with Gasteiger partial charge < -0.3 is 5.32 Å². The van der Waals surface area contributed by atoms with Crippen molar-refractivity contribution in [2.45, 2.75) is 26.3 Å². The van der Waals surface area contributed by atoms with E-state index in [0.29, 0.717) is 10.4 Å². The SMILES string of the molecule is CC(C)(C)Nc1cc(F)cc(Br)n1. The molecule has 0 radical (unpaired) electrons. The number of anilines is 1. The maximum Gasteiger partial charge on any atom is 0.130 e. The molecule has 2 nitrogen and oxygen atoms in total. The van der Waals surface area contributed by atoms with Gasteiger partial charge in [-0.1, -0.05) is 0 Å². The van der Waals surface area contributed by atoms with Gasteiger partial charge in [-0.05, 0) is 36.7 Å². The summed E-state index contributed by atoms with van der Waals surface area (Å²) in [5.74, 6) is 0.244. The molecule has 4 heteroatoms. The molecule has 72 valence electrons. The zero-order valence-corrected chi connectivity index (χ0v) is 9.44. The second kappa shape index (κ2) is 3.62. The molecule has 1 rings (SSSR count). The Labute approximate surface area is 85.7 Å². The summed E-state index contributed by atoms with van der Waals surface area (Å²) in [6.07, 6.45) is 0. The van der Waals surface area contributed by atoms with Crippen LogP contribution >= 0.6 is 15.9 Å². The van der Waals surface area contributed by atoms with Crippen molar-refractivity contribution in [1.29, 1.82) is 0 Å². The lowest BCUT2D eigenvalue weighted by Crippen LogP contribution is -2.26. The minimum atomic E-state index is -0.298. The van der Waals surface area contributed by atoms with Crippen molar-refractivity contribution in [3.8, 4) is 0 Å². The van der Waals surface area contributed by atoms with Crippen LogP contribution in [-0.2, 0) is 0 Å². The summed E-state index contributed by atoms with van der Waals surface area (Å²) >= 11 is 3.13. The number of pyridine rings is 1. The van der Waals surface area contributed by atoms with Gasteiger partial charge >= 0.3 is 0 Å². The third-order valence-electron chi connectivity index (χ3n) is 1.26. The van der Waals surface area contributed by atoms with Crippen LogP contribution in [0.15, 0.2) is 16.7 Å². The standard InChI is InChI=1S/C9H12BrFN2/c1-9(2,3)13-8-5-6(11)4-7(10)12-8/h4-5H,1-3H3,(H,12,13). The Hall–Kier alpha value is -0.640. The zero-order chi connectivity index (χ0) is 10.1. The average Bonchev–Trinajstić information content (AvgIpc) is 1.78. The van der Waals surface area contributed by atoms with E-state index < -0.39 is 0 Å². The highest BCUT2D eigenvalue weighted by Gasteiger charge is 2.10. The van der Waals surface area contributed by atoms with Gasteiger partial charge in [-0.15, -0.1) is 0 Å². The van der Waals surface area contributed by atoms with Gasteiger partial charge in [-0.3, -0.25) is 0 Å². The van der Waals surface area contributed by atoms with E-state index in [1.807, 2.05) is 20.8 Å². The molecular weight excluding hydrogens is 235 g/mol. The Balaban J connectivity index is 2.90. The number of nitrogens with one attached hydrogen (secondary N) is 1. The van der Waals surface area contributed by atoms with Gasteiger partial charge in [0.25, 0.3) is 0 Å². The van der Waals surface area contributed by atoms with Crippen LogP contribution in [-0.4, -0.2) is 10.5 Å². The molecule has 0 bridgehead atoms. The van der Waals surface area contributed by atoms with E-state index in [1.165, 1.54) is 12.1 Å². The second-order valence-electron chi connectivity index (χ2n) is 3.87. The molecule has 0 spiro atoms. The third kappa shape index (κ3) is 3.72. The first-order valence-electron chi connectivity index (χ1n) is 3.98. The quantitative estimate of drug-likeness (QED) is 0.771. The van der Waals surface area contributed by atoms with Gasteiger partial charge in [0.2, 0.25) is 0 Å². The highest BCUT2D eigenvalue weighted by atomic mass is 79.9. The zero-order valence-electron chi connectivity index (χ0n) is 7.86. The summed E-state index contributed by atoms with van der Waals surface area (Å²) in [7, 11) is 0. The van der Waals surface area contributed by atoms with E-state index in [2.05, 4.69) is 26.2 Å². The molecule has 1 aromatic rings. The van der Waals surface area contributed by atoms with Crippen molar-refractivity contribution in [3.63, 3.8) is 0 Å². The predicted molar refractivity (Wildman–Crippen MR) is 55.3 cm³/mol. The van der Waals surface area contributed by atoms with Crippen LogP contribution in [0.1, 0.15) is 20.8 Å². The molecule has 1 N–H and O–H groups in total. The van der Waals surface area contributed by atoms with Crippen LogP contribution in [0.25, 0.3) is 0 Å². The number of halogens is 2. The molecule has 0 fully saturated rings. The maximum atomic E-state index is 12.9. The average molecular weight is 247 g/mol. The number of hydrogen-bond donors (Lipinski definition) is 1.